The predicted molar refractivity (Wildman–Crippen MR) is 76.6 cm³/mol. The highest BCUT2D eigenvalue weighted by Gasteiger charge is 2.33. The fourth-order valence-electron chi connectivity index (χ4n) is 2.08. The van der Waals surface area contributed by atoms with Crippen LogP contribution in [0.2, 0.25) is 0 Å². The third-order valence-electron chi connectivity index (χ3n) is 3.23. The highest BCUT2D eigenvalue weighted by atomic mass is 32.1. The second-order valence-corrected chi connectivity index (χ2v) is 5.89. The molecule has 1 fully saturated rings. The van der Waals surface area contributed by atoms with E-state index in [9.17, 15) is 4.79 Å². The van der Waals surface area contributed by atoms with Crippen LogP contribution in [0, 0.1) is 5.92 Å². The van der Waals surface area contributed by atoms with Crippen molar-refractivity contribution in [2.75, 3.05) is 25.1 Å². The van der Waals surface area contributed by atoms with Gasteiger partial charge in [0, 0.05) is 11.4 Å². The van der Waals surface area contributed by atoms with Crippen LogP contribution < -0.4 is 10.6 Å². The molecule has 2 heterocycles. The third-order valence-corrected chi connectivity index (χ3v) is 4.00. The van der Waals surface area contributed by atoms with Crippen LogP contribution in [0.1, 0.15) is 32.4 Å². The van der Waals surface area contributed by atoms with Crippen molar-refractivity contribution in [2.45, 2.75) is 32.7 Å². The fraction of sp³-hybridized carbons (Fsp3) is 0.692. The van der Waals surface area contributed by atoms with E-state index in [-0.39, 0.29) is 17.9 Å². The van der Waals surface area contributed by atoms with Crippen LogP contribution in [0.4, 0.5) is 5.13 Å². The Morgan fingerprint density at radius 1 is 1.58 bits per heavy atom. The number of nitrogens with one attached hydrogen (secondary N) is 2. The first-order valence-corrected chi connectivity index (χ1v) is 7.57. The highest BCUT2D eigenvalue weighted by molar-refractivity contribution is 7.13. The molecule has 5 nitrogen and oxygen atoms in total. The molecule has 0 radical (unpaired) electrons. The van der Waals surface area contributed by atoms with Crippen LogP contribution in [-0.4, -0.2) is 36.7 Å². The number of carbonyl (C=O) groups is 1. The second kappa shape index (κ2) is 6.45. The maximum atomic E-state index is 12.2. The van der Waals surface area contributed by atoms with E-state index >= 15 is 0 Å². The molecule has 1 aliphatic heterocycles. The smallest absolute Gasteiger partial charge is 0.233 e. The number of nitrogens with zero attached hydrogens (tertiary/aromatic N) is 1. The minimum absolute atomic E-state index is 0.00638. The molecule has 106 valence electrons. The number of ether oxygens (including phenoxy) is 1. The van der Waals surface area contributed by atoms with Crippen molar-refractivity contribution >= 4 is 22.4 Å². The number of rotatable bonds is 5. The van der Waals surface area contributed by atoms with Gasteiger partial charge in [0.25, 0.3) is 0 Å². The molecule has 1 aromatic heterocycles. The number of carbonyl (C=O) groups excluding carboxylic acids is 1. The van der Waals surface area contributed by atoms with Gasteiger partial charge in [-0.25, -0.2) is 4.98 Å². The molecule has 1 amide bonds. The zero-order valence-corrected chi connectivity index (χ0v) is 12.4. The molecule has 6 heteroatoms. The lowest BCUT2D eigenvalue weighted by Crippen LogP contribution is -2.41. The molecule has 1 saturated heterocycles. The summed E-state index contributed by atoms with van der Waals surface area (Å²) in [5.41, 5.74) is 1.02. The molecule has 2 atom stereocenters. The Bertz CT molecular complexity index is 433. The molecule has 0 aliphatic carbocycles. The summed E-state index contributed by atoms with van der Waals surface area (Å²) in [6.07, 6.45) is 0. The van der Waals surface area contributed by atoms with Crippen LogP contribution in [0.3, 0.4) is 0 Å². The van der Waals surface area contributed by atoms with Gasteiger partial charge in [-0.15, -0.1) is 11.3 Å². The Hall–Kier alpha value is -0.980. The minimum atomic E-state index is -0.133. The van der Waals surface area contributed by atoms with Gasteiger partial charge < -0.3 is 15.4 Å². The zero-order valence-electron chi connectivity index (χ0n) is 11.6. The van der Waals surface area contributed by atoms with Gasteiger partial charge in [-0.2, -0.15) is 0 Å². The van der Waals surface area contributed by atoms with E-state index in [1.54, 1.807) is 0 Å². The lowest BCUT2D eigenvalue weighted by molar-refractivity contribution is -0.120. The summed E-state index contributed by atoms with van der Waals surface area (Å²) in [6.45, 7) is 8.13. The SMILES string of the molecule is CCNC1COCC1C(=O)Nc1nc(C(C)C)cs1. The number of thiazole rings is 1. The first-order valence-electron chi connectivity index (χ1n) is 6.69. The van der Waals surface area contributed by atoms with Gasteiger partial charge in [0.05, 0.1) is 24.8 Å². The standard InChI is InChI=1S/C13H21N3O2S/c1-4-14-10-6-18-5-9(10)12(17)16-13-15-11(7-19-13)8(2)3/h7-10,14H,4-6H2,1-3H3,(H,15,16,17). The lowest BCUT2D eigenvalue weighted by Gasteiger charge is -2.16. The summed E-state index contributed by atoms with van der Waals surface area (Å²) in [5.74, 6) is 0.241. The molecule has 2 N–H and O–H groups in total. The van der Waals surface area contributed by atoms with Crippen molar-refractivity contribution in [1.29, 1.82) is 0 Å². The molecule has 0 saturated carbocycles. The summed E-state index contributed by atoms with van der Waals surface area (Å²) < 4.78 is 5.38. The van der Waals surface area contributed by atoms with Gasteiger partial charge in [0.2, 0.25) is 5.91 Å². The molecule has 19 heavy (non-hydrogen) atoms. The monoisotopic (exact) mass is 283 g/mol. The number of aromatic nitrogens is 1. The second-order valence-electron chi connectivity index (χ2n) is 5.03. The van der Waals surface area contributed by atoms with E-state index in [4.69, 9.17) is 4.74 Å². The summed E-state index contributed by atoms with van der Waals surface area (Å²) in [7, 11) is 0. The van der Waals surface area contributed by atoms with Crippen LogP contribution in [0.15, 0.2) is 5.38 Å². The van der Waals surface area contributed by atoms with Gasteiger partial charge in [-0.05, 0) is 12.5 Å². The largest absolute Gasteiger partial charge is 0.379 e. The first kappa shape index (κ1) is 14.4. The zero-order chi connectivity index (χ0) is 13.8. The number of amides is 1. The quantitative estimate of drug-likeness (QED) is 0.865. The minimum Gasteiger partial charge on any atom is -0.379 e. The Morgan fingerprint density at radius 2 is 2.37 bits per heavy atom. The average Bonchev–Trinajstić information content (AvgIpc) is 2.98. The molecule has 0 bridgehead atoms. The maximum absolute atomic E-state index is 12.2. The Morgan fingerprint density at radius 3 is 3.00 bits per heavy atom. The van der Waals surface area contributed by atoms with Gasteiger partial charge in [-0.3, -0.25) is 4.79 Å². The van der Waals surface area contributed by atoms with E-state index in [0.29, 0.717) is 24.3 Å². The van der Waals surface area contributed by atoms with Gasteiger partial charge >= 0.3 is 0 Å². The lowest BCUT2D eigenvalue weighted by atomic mass is 10.0. The maximum Gasteiger partial charge on any atom is 0.233 e. The Balaban J connectivity index is 1.96. The summed E-state index contributed by atoms with van der Waals surface area (Å²) >= 11 is 1.48. The molecule has 2 unspecified atom stereocenters. The summed E-state index contributed by atoms with van der Waals surface area (Å²) in [4.78, 5) is 16.6. The van der Waals surface area contributed by atoms with Crippen molar-refractivity contribution in [3.05, 3.63) is 11.1 Å². The van der Waals surface area contributed by atoms with E-state index < -0.39 is 0 Å². The van der Waals surface area contributed by atoms with Crippen molar-refractivity contribution in [1.82, 2.24) is 10.3 Å². The van der Waals surface area contributed by atoms with E-state index in [1.165, 1.54) is 11.3 Å². The Labute approximate surface area is 117 Å². The third kappa shape index (κ3) is 3.52. The van der Waals surface area contributed by atoms with E-state index in [1.807, 2.05) is 12.3 Å². The molecule has 2 rings (SSSR count). The van der Waals surface area contributed by atoms with Gasteiger partial charge in [-0.1, -0.05) is 20.8 Å². The van der Waals surface area contributed by atoms with E-state index in [0.717, 1.165) is 12.2 Å². The Kier molecular flexibility index (Phi) is 4.90. The van der Waals surface area contributed by atoms with E-state index in [2.05, 4.69) is 29.5 Å². The van der Waals surface area contributed by atoms with Crippen molar-refractivity contribution in [3.8, 4) is 0 Å². The average molecular weight is 283 g/mol. The molecule has 0 spiro atoms. The molecule has 1 aliphatic rings. The fourth-order valence-corrected chi connectivity index (χ4v) is 2.96. The molecular weight excluding hydrogens is 262 g/mol. The van der Waals surface area contributed by atoms with Gasteiger partial charge in [0.1, 0.15) is 0 Å². The number of hydrogen-bond acceptors (Lipinski definition) is 5. The van der Waals surface area contributed by atoms with Crippen LogP contribution >= 0.6 is 11.3 Å². The molecular formula is C13H21N3O2S. The molecule has 0 aromatic carbocycles. The highest BCUT2D eigenvalue weighted by Crippen LogP contribution is 2.23. The first-order chi connectivity index (χ1) is 9.11. The topological polar surface area (TPSA) is 63.2 Å². The normalized spacial score (nSPS) is 22.9. The van der Waals surface area contributed by atoms with Crippen molar-refractivity contribution in [3.63, 3.8) is 0 Å². The van der Waals surface area contributed by atoms with Crippen molar-refractivity contribution < 1.29 is 9.53 Å². The summed E-state index contributed by atoms with van der Waals surface area (Å²) in [5, 5.41) is 8.85. The number of likely N-dealkylation sites (N-methyl/N-ethyl adjacent to an activating group) is 1. The predicted octanol–water partition coefficient (Wildman–Crippen LogP) is 1.83. The van der Waals surface area contributed by atoms with Crippen molar-refractivity contribution in [2.24, 2.45) is 5.92 Å². The van der Waals surface area contributed by atoms with Crippen LogP contribution in [0.5, 0.6) is 0 Å². The van der Waals surface area contributed by atoms with Gasteiger partial charge in [0.15, 0.2) is 5.13 Å². The molecule has 1 aromatic rings. The summed E-state index contributed by atoms with van der Waals surface area (Å²) in [6, 6.07) is 0.106. The van der Waals surface area contributed by atoms with Crippen LogP contribution in [0.25, 0.3) is 0 Å². The number of anilines is 1. The van der Waals surface area contributed by atoms with Crippen LogP contribution in [-0.2, 0) is 9.53 Å². The number of hydrogen-bond donors (Lipinski definition) is 2.